The summed E-state index contributed by atoms with van der Waals surface area (Å²) in [5, 5.41) is 0. The molecule has 79 heavy (non-hydrogen) atoms. The molecule has 448 valence electrons. The van der Waals surface area contributed by atoms with Crippen molar-refractivity contribution < 1.29 is 28.6 Å². The topological polar surface area (TPSA) is 78.9 Å². The van der Waals surface area contributed by atoms with E-state index in [0.29, 0.717) is 19.3 Å². The number of hydrogen-bond donors (Lipinski definition) is 0. The summed E-state index contributed by atoms with van der Waals surface area (Å²) < 4.78 is 16.9. The van der Waals surface area contributed by atoms with Gasteiger partial charge in [0.15, 0.2) is 6.10 Å². The van der Waals surface area contributed by atoms with Crippen molar-refractivity contribution >= 4 is 17.9 Å². The van der Waals surface area contributed by atoms with Crippen LogP contribution in [0.25, 0.3) is 0 Å². The van der Waals surface area contributed by atoms with Crippen LogP contribution in [0.5, 0.6) is 0 Å². The zero-order chi connectivity index (χ0) is 57.1. The summed E-state index contributed by atoms with van der Waals surface area (Å²) in [6, 6.07) is 0. The van der Waals surface area contributed by atoms with Gasteiger partial charge in [-0.1, -0.05) is 270 Å². The summed E-state index contributed by atoms with van der Waals surface area (Å²) in [6.45, 7) is 6.39. The maximum atomic E-state index is 12.9. The van der Waals surface area contributed by atoms with Crippen molar-refractivity contribution in [2.45, 2.75) is 297 Å². The fourth-order valence-corrected chi connectivity index (χ4v) is 8.79. The molecule has 1 unspecified atom stereocenters. The summed E-state index contributed by atoms with van der Waals surface area (Å²) in [7, 11) is 0. The first-order valence-corrected chi connectivity index (χ1v) is 32.7. The predicted molar refractivity (Wildman–Crippen MR) is 343 cm³/mol. The Balaban J connectivity index is 4.43. The molecule has 0 aromatic rings. The molecule has 0 aromatic carbocycles. The highest BCUT2D eigenvalue weighted by Gasteiger charge is 2.19. The molecule has 0 aliphatic heterocycles. The van der Waals surface area contributed by atoms with E-state index in [2.05, 4.69) is 154 Å². The Morgan fingerprint density at radius 2 is 0.494 bits per heavy atom. The highest BCUT2D eigenvalue weighted by atomic mass is 16.6. The first kappa shape index (κ1) is 74.5. The highest BCUT2D eigenvalue weighted by molar-refractivity contribution is 5.71. The van der Waals surface area contributed by atoms with Crippen molar-refractivity contribution in [1.82, 2.24) is 0 Å². The molecule has 0 bridgehead atoms. The van der Waals surface area contributed by atoms with Crippen molar-refractivity contribution in [1.29, 1.82) is 0 Å². The van der Waals surface area contributed by atoms with Gasteiger partial charge in [0.1, 0.15) is 13.2 Å². The van der Waals surface area contributed by atoms with Crippen LogP contribution < -0.4 is 0 Å². The van der Waals surface area contributed by atoms with Crippen LogP contribution in [0.4, 0.5) is 0 Å². The monoisotopic (exact) mass is 1090 g/mol. The second-order valence-corrected chi connectivity index (χ2v) is 21.3. The molecule has 1 atom stereocenters. The third-order valence-electron chi connectivity index (χ3n) is 13.6. The van der Waals surface area contributed by atoms with E-state index >= 15 is 0 Å². The zero-order valence-electron chi connectivity index (χ0n) is 51.3. The second-order valence-electron chi connectivity index (χ2n) is 21.3. The van der Waals surface area contributed by atoms with Crippen molar-refractivity contribution in [3.63, 3.8) is 0 Å². The van der Waals surface area contributed by atoms with Crippen LogP contribution in [0.15, 0.2) is 134 Å². The molecule has 6 heteroatoms. The van der Waals surface area contributed by atoms with Gasteiger partial charge in [-0.15, -0.1) is 0 Å². The third kappa shape index (κ3) is 64.3. The van der Waals surface area contributed by atoms with Crippen LogP contribution in [-0.4, -0.2) is 37.2 Å². The summed E-state index contributed by atoms with van der Waals surface area (Å²) in [5.74, 6) is -0.924. The lowest BCUT2D eigenvalue weighted by Crippen LogP contribution is -2.30. The van der Waals surface area contributed by atoms with Crippen molar-refractivity contribution in [3.05, 3.63) is 134 Å². The van der Waals surface area contributed by atoms with Crippen molar-refractivity contribution in [2.75, 3.05) is 13.2 Å². The van der Waals surface area contributed by atoms with Crippen molar-refractivity contribution in [3.8, 4) is 0 Å². The molecule has 0 aliphatic carbocycles. The maximum absolute atomic E-state index is 12.9. The van der Waals surface area contributed by atoms with Gasteiger partial charge in [0.2, 0.25) is 0 Å². The number of ether oxygens (including phenoxy) is 3. The Bertz CT molecular complexity index is 1680. The number of esters is 3. The van der Waals surface area contributed by atoms with Gasteiger partial charge in [-0.25, -0.2) is 0 Å². The predicted octanol–water partition coefficient (Wildman–Crippen LogP) is 22.5. The SMILES string of the molecule is CC/C=C\C/C=C\C/C=C\C/C=C\C/C=C\CCCCCCCCCCCC(=O)OCC(COC(=O)CCCCCCC/C=C\CCCCCCCC)OC(=O)CCCCCCC/C=C\C/C=C\C/C=C\C/C=C\C/C=C\CC. The molecule has 0 saturated heterocycles. The average molecular weight is 1090 g/mol. The maximum Gasteiger partial charge on any atom is 0.306 e. The highest BCUT2D eigenvalue weighted by Crippen LogP contribution is 2.15. The van der Waals surface area contributed by atoms with Crippen LogP contribution >= 0.6 is 0 Å². The molecule has 0 radical (unpaired) electrons. The van der Waals surface area contributed by atoms with Gasteiger partial charge in [0, 0.05) is 19.3 Å². The minimum Gasteiger partial charge on any atom is -0.462 e. The number of carbonyl (C=O) groups is 3. The van der Waals surface area contributed by atoms with Crippen LogP contribution in [0, 0.1) is 0 Å². The lowest BCUT2D eigenvalue weighted by atomic mass is 10.1. The Morgan fingerprint density at radius 3 is 0.785 bits per heavy atom. The fraction of sp³-hybridized carbons (Fsp3) is 0.658. The van der Waals surface area contributed by atoms with Crippen LogP contribution in [0.2, 0.25) is 0 Å². The van der Waals surface area contributed by atoms with Crippen LogP contribution in [-0.2, 0) is 28.6 Å². The molecule has 0 aliphatic rings. The van der Waals surface area contributed by atoms with Gasteiger partial charge in [-0.05, 0) is 135 Å². The largest absolute Gasteiger partial charge is 0.462 e. The van der Waals surface area contributed by atoms with Crippen LogP contribution in [0.3, 0.4) is 0 Å². The zero-order valence-corrected chi connectivity index (χ0v) is 51.3. The number of rotatable bonds is 58. The van der Waals surface area contributed by atoms with Gasteiger partial charge in [0.25, 0.3) is 0 Å². The Labute approximate surface area is 487 Å². The number of carbonyl (C=O) groups excluding carboxylic acids is 3. The molecule has 0 rings (SSSR count). The molecule has 0 saturated carbocycles. The molecule has 0 N–H and O–H groups in total. The summed E-state index contributed by atoms with van der Waals surface area (Å²) >= 11 is 0. The molecule has 0 spiro atoms. The smallest absolute Gasteiger partial charge is 0.306 e. The van der Waals surface area contributed by atoms with Gasteiger partial charge in [-0.2, -0.15) is 0 Å². The fourth-order valence-electron chi connectivity index (χ4n) is 8.79. The van der Waals surface area contributed by atoms with Crippen LogP contribution in [0.1, 0.15) is 290 Å². The normalized spacial score (nSPS) is 13.0. The molecule has 0 fully saturated rings. The minimum absolute atomic E-state index is 0.0951. The summed E-state index contributed by atoms with van der Waals surface area (Å²) in [4.78, 5) is 38.4. The van der Waals surface area contributed by atoms with Gasteiger partial charge < -0.3 is 14.2 Å². The molecular formula is C73H120O6. The van der Waals surface area contributed by atoms with E-state index in [1.807, 2.05) is 0 Å². The molecule has 0 heterocycles. The Hall–Kier alpha value is -4.45. The number of unbranched alkanes of at least 4 members (excludes halogenated alkanes) is 25. The van der Waals surface area contributed by atoms with E-state index in [-0.39, 0.29) is 31.1 Å². The molecule has 0 amide bonds. The lowest BCUT2D eigenvalue weighted by molar-refractivity contribution is -0.167. The summed E-state index contributed by atoms with van der Waals surface area (Å²) in [5.41, 5.74) is 0. The van der Waals surface area contributed by atoms with Crippen molar-refractivity contribution in [2.24, 2.45) is 0 Å². The number of allylic oxidation sites excluding steroid dienone is 22. The van der Waals surface area contributed by atoms with E-state index in [9.17, 15) is 14.4 Å². The molecule has 0 aromatic heterocycles. The third-order valence-corrected chi connectivity index (χ3v) is 13.6. The number of hydrogen-bond acceptors (Lipinski definition) is 6. The Morgan fingerprint density at radius 1 is 0.266 bits per heavy atom. The average Bonchev–Trinajstić information content (AvgIpc) is 3.45. The van der Waals surface area contributed by atoms with E-state index in [1.54, 1.807) is 0 Å². The second kappa shape index (κ2) is 66.1. The van der Waals surface area contributed by atoms with E-state index in [4.69, 9.17) is 14.2 Å². The Kier molecular flexibility index (Phi) is 62.3. The van der Waals surface area contributed by atoms with Gasteiger partial charge in [0.05, 0.1) is 0 Å². The first-order valence-electron chi connectivity index (χ1n) is 32.7. The minimum atomic E-state index is -0.801. The molecule has 6 nitrogen and oxygen atoms in total. The summed E-state index contributed by atoms with van der Waals surface area (Å²) in [6.07, 6.45) is 93.1. The van der Waals surface area contributed by atoms with E-state index in [0.717, 1.165) is 154 Å². The first-order chi connectivity index (χ1) is 39.0. The lowest BCUT2D eigenvalue weighted by Gasteiger charge is -2.18. The van der Waals surface area contributed by atoms with Gasteiger partial charge in [-0.3, -0.25) is 14.4 Å². The van der Waals surface area contributed by atoms with E-state index < -0.39 is 6.10 Å². The molecular weight excluding hydrogens is 973 g/mol. The standard InChI is InChI=1S/C73H120O6/c1-4-7-10-13-16-19-22-25-28-30-32-34-35-36-37-39-40-42-45-48-51-54-57-60-63-66-72(75)78-69-70(68-77-71(74)65-62-59-56-53-50-47-44-27-24-21-18-15-12-9-6-3)79-73(76)67-64-61-58-55-52-49-46-43-41-38-33-31-29-26-23-20-17-14-11-8-5-2/h7-8,10-11,16-17,19-20,25-29,32-34,36-38,43-44,46,70H,4-6,9,12-15,18,21-24,30-31,35,39-42,45,47-69H2,1-3H3/b10-7-,11-8-,19-16-,20-17-,28-25-,29-26-,34-32-,37-36-,38-33-,44-27-,46-43-. The van der Waals surface area contributed by atoms with Gasteiger partial charge >= 0.3 is 17.9 Å². The quantitative estimate of drug-likeness (QED) is 0.0261. The van der Waals surface area contributed by atoms with E-state index in [1.165, 1.54) is 96.3 Å².